The van der Waals surface area contributed by atoms with E-state index in [0.717, 1.165) is 63.4 Å². The van der Waals surface area contributed by atoms with Gasteiger partial charge in [-0.25, -0.2) is 0 Å². The Labute approximate surface area is 153 Å². The Morgan fingerprint density at radius 3 is 2.50 bits per heavy atom. The number of aryl methyl sites for hydroxylation is 1. The predicted octanol–water partition coefficient (Wildman–Crippen LogP) is 4.38. The molecule has 0 aliphatic carbocycles. The zero-order valence-corrected chi connectivity index (χ0v) is 15.5. The standard InChI is InChI=1S/C20H27F3N2O/c1-3-10-24-11-4-8-19(18(24)26)9-5-12-25(19)14-16-13-17(20(21,22)23)7-6-15(16)2/h6-7,13H,3-5,8-12,14H2,1-2H3. The number of hydrogen-bond donors (Lipinski definition) is 0. The number of piperidine rings is 1. The Morgan fingerprint density at radius 2 is 1.85 bits per heavy atom. The SMILES string of the molecule is CCCN1CCCC2(CCCN2Cc2cc(C(F)(F)F)ccc2C)C1=O. The van der Waals surface area contributed by atoms with Gasteiger partial charge in [-0.1, -0.05) is 13.0 Å². The third-order valence-corrected chi connectivity index (χ3v) is 5.86. The summed E-state index contributed by atoms with van der Waals surface area (Å²) in [6, 6.07) is 3.92. The molecule has 0 radical (unpaired) electrons. The van der Waals surface area contributed by atoms with Crippen LogP contribution in [0.5, 0.6) is 0 Å². The molecule has 26 heavy (non-hydrogen) atoms. The maximum atomic E-state index is 13.2. The normalized spacial score (nSPS) is 24.7. The molecule has 1 spiro atoms. The summed E-state index contributed by atoms with van der Waals surface area (Å²) >= 11 is 0. The number of carbonyl (C=O) groups excluding carboxylic acids is 1. The van der Waals surface area contributed by atoms with Crippen molar-refractivity contribution in [1.82, 2.24) is 9.80 Å². The van der Waals surface area contributed by atoms with Crippen LogP contribution in [0.25, 0.3) is 0 Å². The molecule has 3 nitrogen and oxygen atoms in total. The Morgan fingerprint density at radius 1 is 1.15 bits per heavy atom. The summed E-state index contributed by atoms with van der Waals surface area (Å²) in [7, 11) is 0. The summed E-state index contributed by atoms with van der Waals surface area (Å²) in [5.41, 5.74) is 0.373. The molecule has 2 heterocycles. The summed E-state index contributed by atoms with van der Waals surface area (Å²) in [6.45, 7) is 6.63. The van der Waals surface area contributed by atoms with Gasteiger partial charge in [-0.05, 0) is 68.8 Å². The molecule has 1 unspecified atom stereocenters. The van der Waals surface area contributed by atoms with Crippen LogP contribution in [0.1, 0.15) is 55.7 Å². The van der Waals surface area contributed by atoms with Gasteiger partial charge in [-0.2, -0.15) is 13.2 Å². The van der Waals surface area contributed by atoms with Crippen molar-refractivity contribution < 1.29 is 18.0 Å². The van der Waals surface area contributed by atoms with Crippen LogP contribution in [0, 0.1) is 6.92 Å². The van der Waals surface area contributed by atoms with E-state index in [-0.39, 0.29) is 5.91 Å². The van der Waals surface area contributed by atoms with Crippen LogP contribution < -0.4 is 0 Å². The van der Waals surface area contributed by atoms with Gasteiger partial charge in [-0.15, -0.1) is 0 Å². The third kappa shape index (κ3) is 3.48. The fourth-order valence-corrected chi connectivity index (χ4v) is 4.46. The Kier molecular flexibility index (Phi) is 5.33. The van der Waals surface area contributed by atoms with E-state index in [2.05, 4.69) is 11.8 Å². The van der Waals surface area contributed by atoms with Crippen LogP contribution >= 0.6 is 0 Å². The monoisotopic (exact) mass is 368 g/mol. The summed E-state index contributed by atoms with van der Waals surface area (Å²) in [4.78, 5) is 17.2. The molecule has 1 aromatic rings. The largest absolute Gasteiger partial charge is 0.416 e. The molecular weight excluding hydrogens is 341 g/mol. The quantitative estimate of drug-likeness (QED) is 0.787. The summed E-state index contributed by atoms with van der Waals surface area (Å²) in [6.07, 6.45) is 0.0833. The van der Waals surface area contributed by atoms with Gasteiger partial charge >= 0.3 is 6.18 Å². The molecule has 0 bridgehead atoms. The van der Waals surface area contributed by atoms with Crippen molar-refractivity contribution in [2.45, 2.75) is 64.2 Å². The van der Waals surface area contributed by atoms with E-state index in [1.165, 1.54) is 12.1 Å². The molecule has 0 aromatic heterocycles. The molecule has 2 aliphatic heterocycles. The van der Waals surface area contributed by atoms with E-state index in [1.54, 1.807) is 0 Å². The first kappa shape index (κ1) is 19.2. The zero-order chi connectivity index (χ0) is 18.9. The van der Waals surface area contributed by atoms with Gasteiger partial charge in [0.1, 0.15) is 5.54 Å². The molecule has 1 amide bonds. The van der Waals surface area contributed by atoms with Gasteiger partial charge in [0, 0.05) is 19.6 Å². The van der Waals surface area contributed by atoms with E-state index in [9.17, 15) is 18.0 Å². The second-order valence-corrected chi connectivity index (χ2v) is 7.59. The van der Waals surface area contributed by atoms with Crippen molar-refractivity contribution in [3.63, 3.8) is 0 Å². The van der Waals surface area contributed by atoms with Crippen molar-refractivity contribution in [3.8, 4) is 0 Å². The smallest absolute Gasteiger partial charge is 0.341 e. The lowest BCUT2D eigenvalue weighted by molar-refractivity contribution is -0.148. The zero-order valence-electron chi connectivity index (χ0n) is 15.5. The van der Waals surface area contributed by atoms with E-state index in [1.807, 2.05) is 11.8 Å². The van der Waals surface area contributed by atoms with Crippen LogP contribution in [-0.2, 0) is 17.5 Å². The van der Waals surface area contributed by atoms with E-state index < -0.39 is 17.3 Å². The first-order chi connectivity index (χ1) is 12.3. The Balaban J connectivity index is 1.86. The number of hydrogen-bond acceptors (Lipinski definition) is 2. The van der Waals surface area contributed by atoms with Crippen molar-refractivity contribution in [3.05, 3.63) is 34.9 Å². The highest BCUT2D eigenvalue weighted by Crippen LogP contribution is 2.40. The average Bonchev–Trinajstić information content (AvgIpc) is 2.96. The molecule has 3 rings (SSSR count). The fraction of sp³-hybridized carbons (Fsp3) is 0.650. The van der Waals surface area contributed by atoms with Crippen molar-refractivity contribution in [2.75, 3.05) is 19.6 Å². The highest BCUT2D eigenvalue weighted by Gasteiger charge is 2.50. The molecule has 0 saturated carbocycles. The molecule has 2 fully saturated rings. The molecule has 2 aliphatic rings. The van der Waals surface area contributed by atoms with Crippen LogP contribution in [-0.4, -0.2) is 40.9 Å². The highest BCUT2D eigenvalue weighted by atomic mass is 19.4. The van der Waals surface area contributed by atoms with E-state index in [4.69, 9.17) is 0 Å². The fourth-order valence-electron chi connectivity index (χ4n) is 4.46. The van der Waals surface area contributed by atoms with Crippen molar-refractivity contribution >= 4 is 5.91 Å². The minimum absolute atomic E-state index is 0.174. The maximum absolute atomic E-state index is 13.2. The Bertz CT molecular complexity index is 672. The van der Waals surface area contributed by atoms with Crippen LogP contribution in [0.3, 0.4) is 0 Å². The molecule has 2 saturated heterocycles. The topological polar surface area (TPSA) is 23.6 Å². The number of benzene rings is 1. The minimum Gasteiger partial charge on any atom is -0.341 e. The lowest BCUT2D eigenvalue weighted by Gasteiger charge is -2.45. The van der Waals surface area contributed by atoms with E-state index in [0.29, 0.717) is 12.1 Å². The lowest BCUT2D eigenvalue weighted by atomic mass is 9.85. The van der Waals surface area contributed by atoms with Gasteiger partial charge in [0.05, 0.1) is 5.56 Å². The number of amides is 1. The molecular formula is C20H27F3N2O. The summed E-state index contributed by atoms with van der Waals surface area (Å²) in [5, 5.41) is 0. The highest BCUT2D eigenvalue weighted by molar-refractivity contribution is 5.87. The maximum Gasteiger partial charge on any atom is 0.416 e. The first-order valence-corrected chi connectivity index (χ1v) is 9.49. The van der Waals surface area contributed by atoms with Crippen LogP contribution in [0.4, 0.5) is 13.2 Å². The Hall–Kier alpha value is -1.56. The number of carbonyl (C=O) groups is 1. The van der Waals surface area contributed by atoms with Crippen molar-refractivity contribution in [2.24, 2.45) is 0 Å². The number of nitrogens with zero attached hydrogens (tertiary/aromatic N) is 2. The summed E-state index contributed by atoms with van der Waals surface area (Å²) in [5.74, 6) is 0.174. The molecule has 144 valence electrons. The van der Waals surface area contributed by atoms with Crippen LogP contribution in [0.15, 0.2) is 18.2 Å². The van der Waals surface area contributed by atoms with E-state index >= 15 is 0 Å². The van der Waals surface area contributed by atoms with Gasteiger partial charge in [0.15, 0.2) is 0 Å². The average molecular weight is 368 g/mol. The number of alkyl halides is 3. The lowest BCUT2D eigenvalue weighted by Crippen LogP contribution is -2.59. The minimum atomic E-state index is -4.34. The van der Waals surface area contributed by atoms with Gasteiger partial charge in [0.25, 0.3) is 0 Å². The summed E-state index contributed by atoms with van der Waals surface area (Å²) < 4.78 is 39.3. The number of rotatable bonds is 4. The molecule has 0 N–H and O–H groups in total. The number of likely N-dealkylation sites (tertiary alicyclic amines) is 2. The van der Waals surface area contributed by atoms with Gasteiger partial charge in [0.2, 0.25) is 5.91 Å². The first-order valence-electron chi connectivity index (χ1n) is 9.49. The van der Waals surface area contributed by atoms with Gasteiger partial charge in [-0.3, -0.25) is 9.69 Å². The third-order valence-electron chi connectivity index (χ3n) is 5.86. The second-order valence-electron chi connectivity index (χ2n) is 7.59. The van der Waals surface area contributed by atoms with Crippen molar-refractivity contribution in [1.29, 1.82) is 0 Å². The van der Waals surface area contributed by atoms with Crippen LogP contribution in [0.2, 0.25) is 0 Å². The van der Waals surface area contributed by atoms with Gasteiger partial charge < -0.3 is 4.90 Å². The molecule has 1 aromatic carbocycles. The molecule has 1 atom stereocenters. The predicted molar refractivity (Wildman–Crippen MR) is 94.7 cm³/mol. The molecule has 6 heteroatoms. The second kappa shape index (κ2) is 7.22. The number of halogens is 3.